The fourth-order valence-corrected chi connectivity index (χ4v) is 4.50. The van der Waals surface area contributed by atoms with Crippen LogP contribution < -0.4 is 82.9 Å². The molecule has 1 aromatic heterocycles. The molecule has 4 N–H and O–H groups in total. The van der Waals surface area contributed by atoms with Crippen LogP contribution in [0.4, 0.5) is 0 Å². The van der Waals surface area contributed by atoms with E-state index in [0.29, 0.717) is 13.0 Å². The Morgan fingerprint density at radius 2 is 1.86 bits per heavy atom. The van der Waals surface area contributed by atoms with Gasteiger partial charge in [-0.1, -0.05) is 24.7 Å². The first-order valence-electron chi connectivity index (χ1n) is 9.95. The quantitative estimate of drug-likeness (QED) is 0.105. The summed E-state index contributed by atoms with van der Waals surface area (Å²) in [5, 5.41) is 22.1. The zero-order chi connectivity index (χ0) is 24.6. The number of nitrogens with zero attached hydrogens (tertiary/aromatic N) is 2. The van der Waals surface area contributed by atoms with Crippen LogP contribution in [0.15, 0.2) is 11.0 Å². The van der Waals surface area contributed by atoms with Crippen LogP contribution in [-0.4, -0.2) is 44.9 Å². The Labute approximate surface area is 244 Å². The molecular weight excluding hydrogens is 505 g/mol. The molecule has 1 aliphatic rings. The molecule has 0 aromatic carbocycles. The van der Waals surface area contributed by atoms with Crippen LogP contribution in [0, 0.1) is 11.8 Å². The maximum absolute atomic E-state index is 12.1. The van der Waals surface area contributed by atoms with Crippen molar-refractivity contribution in [2.45, 2.75) is 57.0 Å². The van der Waals surface area contributed by atoms with Crippen molar-refractivity contribution in [1.82, 2.24) is 9.55 Å². The number of unbranched alkanes of at least 4 members (excludes halogenated alkanes) is 4. The average molecular weight is 529 g/mol. The number of aromatic nitrogens is 2. The fourth-order valence-electron chi connectivity index (χ4n) is 2.97. The summed E-state index contributed by atoms with van der Waals surface area (Å²) < 4.78 is 36.1. The molecule has 2 heterocycles. The van der Waals surface area contributed by atoms with Crippen LogP contribution in [0.1, 0.15) is 50.3 Å². The second-order valence-electron chi connectivity index (χ2n) is 7.13. The first kappa shape index (κ1) is 38.3. The molecule has 0 bridgehead atoms. The number of aliphatic hydroxyl groups is 1. The Bertz CT molecular complexity index is 1030. The Morgan fingerprint density at radius 1 is 1.22 bits per heavy atom. The van der Waals surface area contributed by atoms with Crippen molar-refractivity contribution in [3.63, 3.8) is 0 Å². The van der Waals surface area contributed by atoms with Crippen molar-refractivity contribution in [2.75, 3.05) is 13.2 Å². The Hall–Kier alpha value is 0.172. The van der Waals surface area contributed by atoms with Crippen molar-refractivity contribution in [2.24, 2.45) is 5.73 Å². The predicted octanol–water partition coefficient (Wildman–Crippen LogP) is -10.8. The molecule has 1 aromatic rings. The van der Waals surface area contributed by atoms with Gasteiger partial charge in [0.25, 0.3) is 0 Å². The standard InChI is InChI=1S/C17H27N3O11P2.3Li/c18-8-6-4-2-1-3-5-7-12-10-20(17(23)19-16(12)22)15-9-13(21)14(30-15)11-29-33(27,28)31-32(24,25)26;;;/h10,13-15,21H,1-4,6,8-9,11,18H2,(H,27,28)(H,19,22,23)(H2,24,25,26);;;/q;3*+1/p-3/t13-,14+,15+;;;/m0.../s1. The largest absolute Gasteiger partial charge is 1.00 e. The van der Waals surface area contributed by atoms with Crippen molar-refractivity contribution < 1.29 is 104 Å². The van der Waals surface area contributed by atoms with E-state index in [0.717, 1.165) is 36.4 Å². The summed E-state index contributed by atoms with van der Waals surface area (Å²) in [7, 11) is -11.1. The Kier molecular flexibility index (Phi) is 18.8. The SMILES string of the molecule is NCCCCCCC#Cc1cn([C@H]2C[C@H](O)[C@@H](COP(=O)(O)OP(=O)([O-])[O-])O2)c(=O)nc1[O-].[Li+].[Li+].[Li+]. The number of nitrogens with two attached hydrogens (primary N) is 1. The van der Waals surface area contributed by atoms with Crippen LogP contribution in [0.25, 0.3) is 0 Å². The van der Waals surface area contributed by atoms with Gasteiger partial charge in [0, 0.05) is 24.9 Å². The minimum atomic E-state index is -5.80. The van der Waals surface area contributed by atoms with Crippen molar-refractivity contribution >= 4 is 15.6 Å². The molecule has 0 aliphatic carbocycles. The molecule has 0 saturated carbocycles. The molecule has 0 amide bonds. The molecule has 2 rings (SSSR count). The van der Waals surface area contributed by atoms with Gasteiger partial charge in [-0.3, -0.25) is 13.4 Å². The Balaban J connectivity index is 0. The number of phosphoric ester groups is 1. The summed E-state index contributed by atoms with van der Waals surface area (Å²) in [6.45, 7) is -0.205. The monoisotopic (exact) mass is 529 g/mol. The maximum Gasteiger partial charge on any atom is 1.00 e. The molecule has 1 unspecified atom stereocenters. The van der Waals surface area contributed by atoms with Crippen LogP contribution in [0.2, 0.25) is 0 Å². The topological polar surface area (TPSA) is 232 Å². The number of ether oxygens (including phenoxy) is 1. The maximum atomic E-state index is 12.1. The smallest absolute Gasteiger partial charge is 0.858 e. The van der Waals surface area contributed by atoms with E-state index >= 15 is 0 Å². The third kappa shape index (κ3) is 13.3. The molecule has 36 heavy (non-hydrogen) atoms. The second-order valence-corrected chi connectivity index (χ2v) is 9.87. The number of aliphatic hydroxyl groups excluding tert-OH is 1. The van der Waals surface area contributed by atoms with Gasteiger partial charge in [0.1, 0.15) is 12.3 Å². The third-order valence-corrected chi connectivity index (χ3v) is 6.62. The van der Waals surface area contributed by atoms with Gasteiger partial charge in [-0.25, -0.2) is 14.3 Å². The number of phosphoric acid groups is 2. The van der Waals surface area contributed by atoms with E-state index in [4.69, 9.17) is 10.5 Å². The molecule has 0 spiro atoms. The van der Waals surface area contributed by atoms with E-state index in [1.54, 1.807) is 0 Å². The molecule has 1 fully saturated rings. The summed E-state index contributed by atoms with van der Waals surface area (Å²) in [6.07, 6.45) is 1.46. The van der Waals surface area contributed by atoms with E-state index in [2.05, 4.69) is 25.7 Å². The number of hydrogen-bond donors (Lipinski definition) is 3. The van der Waals surface area contributed by atoms with Crippen LogP contribution in [0.5, 0.6) is 5.88 Å². The van der Waals surface area contributed by atoms with Crippen LogP contribution in [-0.2, 0) is 22.7 Å². The van der Waals surface area contributed by atoms with Gasteiger partial charge in [0.05, 0.1) is 26.1 Å². The molecule has 0 radical (unpaired) electrons. The van der Waals surface area contributed by atoms with Gasteiger partial charge in [-0.05, 0) is 19.4 Å². The van der Waals surface area contributed by atoms with Crippen molar-refractivity contribution in [1.29, 1.82) is 0 Å². The van der Waals surface area contributed by atoms with Gasteiger partial charge in [-0.2, -0.15) is 0 Å². The summed E-state index contributed by atoms with van der Waals surface area (Å²) >= 11 is 0. The summed E-state index contributed by atoms with van der Waals surface area (Å²) in [5.41, 5.74) is 4.41. The minimum absolute atomic E-state index is 0. The van der Waals surface area contributed by atoms with Gasteiger partial charge in [0.2, 0.25) is 0 Å². The number of rotatable bonds is 11. The zero-order valence-corrected chi connectivity index (χ0v) is 22.2. The van der Waals surface area contributed by atoms with E-state index in [1.807, 2.05) is 0 Å². The fraction of sp³-hybridized carbons (Fsp3) is 0.647. The first-order valence-corrected chi connectivity index (χ1v) is 12.9. The molecule has 19 heteroatoms. The predicted molar refractivity (Wildman–Crippen MR) is 106 cm³/mol. The summed E-state index contributed by atoms with van der Waals surface area (Å²) in [5.74, 6) is 4.68. The summed E-state index contributed by atoms with van der Waals surface area (Å²) in [6, 6.07) is 0. The normalized spacial score (nSPS) is 20.6. The molecule has 186 valence electrons. The van der Waals surface area contributed by atoms with Crippen LogP contribution >= 0.6 is 15.6 Å². The van der Waals surface area contributed by atoms with Gasteiger partial charge in [-0.15, -0.1) is 0 Å². The molecule has 14 nitrogen and oxygen atoms in total. The van der Waals surface area contributed by atoms with E-state index in [9.17, 15) is 38.8 Å². The van der Waals surface area contributed by atoms with Gasteiger partial charge in [0.15, 0.2) is 0 Å². The van der Waals surface area contributed by atoms with E-state index < -0.39 is 52.3 Å². The van der Waals surface area contributed by atoms with Gasteiger partial charge < -0.3 is 39.9 Å². The summed E-state index contributed by atoms with van der Waals surface area (Å²) in [4.78, 5) is 45.7. The van der Waals surface area contributed by atoms with Crippen LogP contribution in [0.3, 0.4) is 0 Å². The van der Waals surface area contributed by atoms with E-state index in [-0.39, 0.29) is 68.6 Å². The third-order valence-electron chi connectivity index (χ3n) is 4.52. The first-order chi connectivity index (χ1) is 15.4. The average Bonchev–Trinajstić information content (AvgIpc) is 3.06. The minimum Gasteiger partial charge on any atom is -0.858 e. The van der Waals surface area contributed by atoms with E-state index in [1.165, 1.54) is 0 Å². The molecular formula is C17H24Li3N3O11P2. The van der Waals surface area contributed by atoms with Crippen molar-refractivity contribution in [3.8, 4) is 17.7 Å². The molecule has 1 saturated heterocycles. The molecule has 4 atom stereocenters. The second kappa shape index (κ2) is 17.7. The Morgan fingerprint density at radius 3 is 2.47 bits per heavy atom. The van der Waals surface area contributed by atoms with Crippen molar-refractivity contribution in [3.05, 3.63) is 22.2 Å². The zero-order valence-electron chi connectivity index (χ0n) is 20.4. The van der Waals surface area contributed by atoms with Gasteiger partial charge >= 0.3 is 70.1 Å². The molecule has 1 aliphatic heterocycles. The number of hydrogen-bond acceptors (Lipinski definition) is 12.